The molecule has 178 valence electrons. The van der Waals surface area contributed by atoms with Gasteiger partial charge in [-0.2, -0.15) is 0 Å². The summed E-state index contributed by atoms with van der Waals surface area (Å²) < 4.78 is 1.28. The monoisotopic (exact) mass is 468 g/mol. The van der Waals surface area contributed by atoms with Crippen LogP contribution in [0.1, 0.15) is 43.4 Å². The van der Waals surface area contributed by atoms with Gasteiger partial charge >= 0.3 is 0 Å². The molecule has 1 spiro atoms. The van der Waals surface area contributed by atoms with Gasteiger partial charge < -0.3 is 10.6 Å². The molecular formula is C29H30N3O3+. The SMILES string of the molecule is Cc1cccc(C)c1-c1ccc2c(c1)[N+](O)=C1C2=C[C@H]2C(=O)N3CCCC34C(=O)C4(N)C2C1(C)C. The van der Waals surface area contributed by atoms with Crippen LogP contribution in [0.4, 0.5) is 5.69 Å². The predicted octanol–water partition coefficient (Wildman–Crippen LogP) is 3.77. The molecule has 3 aliphatic heterocycles. The number of Topliss-reactive ketones (excluding diaryl/α,β-unsaturated/α-hetero) is 1. The van der Waals surface area contributed by atoms with Crippen molar-refractivity contribution >= 4 is 28.7 Å². The maximum Gasteiger partial charge on any atom is 0.266 e. The van der Waals surface area contributed by atoms with Gasteiger partial charge in [0.05, 0.1) is 22.5 Å². The van der Waals surface area contributed by atoms with E-state index in [0.717, 1.165) is 34.4 Å². The average molecular weight is 469 g/mol. The second-order valence-corrected chi connectivity index (χ2v) is 11.6. The average Bonchev–Trinajstić information content (AvgIpc) is 3.15. The van der Waals surface area contributed by atoms with E-state index in [1.807, 2.05) is 32.1 Å². The first-order chi connectivity index (χ1) is 16.6. The summed E-state index contributed by atoms with van der Waals surface area (Å²) in [4.78, 5) is 28.9. The number of carbonyl (C=O) groups is 2. The Hall–Kier alpha value is -3.25. The summed E-state index contributed by atoms with van der Waals surface area (Å²) in [5.41, 5.74) is 12.1. The number of aryl methyl sites for hydroxylation is 2. The molecule has 2 aromatic rings. The van der Waals surface area contributed by atoms with Crippen molar-refractivity contribution in [2.24, 2.45) is 23.0 Å². The molecular weight excluding hydrogens is 438 g/mol. The second kappa shape index (κ2) is 6.11. The summed E-state index contributed by atoms with van der Waals surface area (Å²) in [5, 5.41) is 11.5. The Morgan fingerprint density at radius 3 is 2.54 bits per heavy atom. The summed E-state index contributed by atoms with van der Waals surface area (Å²) in [7, 11) is 0. The molecule has 5 aliphatic rings. The Kier molecular flexibility index (Phi) is 3.68. The molecule has 0 bridgehead atoms. The van der Waals surface area contributed by atoms with Crippen LogP contribution < -0.4 is 5.73 Å². The molecule has 1 saturated carbocycles. The molecule has 1 amide bonds. The molecule has 7 rings (SSSR count). The van der Waals surface area contributed by atoms with Gasteiger partial charge in [-0.25, -0.2) is 0 Å². The van der Waals surface area contributed by atoms with Gasteiger partial charge in [0.15, 0.2) is 5.78 Å². The van der Waals surface area contributed by atoms with Gasteiger partial charge in [0, 0.05) is 23.3 Å². The van der Waals surface area contributed by atoms with Crippen LogP contribution in [-0.4, -0.2) is 49.9 Å². The zero-order chi connectivity index (χ0) is 24.7. The van der Waals surface area contributed by atoms with Crippen molar-refractivity contribution in [3.63, 3.8) is 0 Å². The first kappa shape index (κ1) is 21.1. The number of allylic oxidation sites excluding steroid dienone is 1. The molecule has 0 radical (unpaired) electrons. The number of benzene rings is 2. The van der Waals surface area contributed by atoms with Crippen LogP contribution in [0.3, 0.4) is 0 Å². The predicted molar refractivity (Wildman–Crippen MR) is 132 cm³/mol. The highest BCUT2D eigenvalue weighted by Gasteiger charge is 2.88. The molecule has 35 heavy (non-hydrogen) atoms. The van der Waals surface area contributed by atoms with Crippen molar-refractivity contribution in [2.75, 3.05) is 6.54 Å². The molecule has 3 N–H and O–H groups in total. The molecule has 2 aliphatic carbocycles. The molecule has 0 aromatic heterocycles. The third kappa shape index (κ3) is 2.11. The lowest BCUT2D eigenvalue weighted by atomic mass is 9.57. The molecule has 3 heterocycles. The molecule has 2 aromatic carbocycles. The molecule has 6 nitrogen and oxygen atoms in total. The fourth-order valence-electron chi connectivity index (χ4n) is 8.27. The Morgan fingerprint density at radius 2 is 1.83 bits per heavy atom. The highest BCUT2D eigenvalue weighted by atomic mass is 16.5. The van der Waals surface area contributed by atoms with Crippen LogP contribution in [0.15, 0.2) is 42.5 Å². The van der Waals surface area contributed by atoms with E-state index in [1.165, 1.54) is 15.9 Å². The topological polar surface area (TPSA) is 86.6 Å². The number of hydrogen-bond acceptors (Lipinski definition) is 4. The minimum Gasteiger partial charge on any atom is -0.327 e. The maximum atomic E-state index is 13.7. The fraction of sp³-hybridized carbons (Fsp3) is 0.414. The number of carbonyl (C=O) groups excluding carboxylic acids is 2. The van der Waals surface area contributed by atoms with Gasteiger partial charge in [-0.15, -0.1) is 0 Å². The van der Waals surface area contributed by atoms with Gasteiger partial charge in [0.25, 0.3) is 5.69 Å². The Morgan fingerprint density at radius 1 is 1.11 bits per heavy atom. The molecule has 6 heteroatoms. The van der Waals surface area contributed by atoms with Gasteiger partial charge in [-0.1, -0.05) is 30.3 Å². The molecule has 4 atom stereocenters. The van der Waals surface area contributed by atoms with Gasteiger partial charge in [-0.05, 0) is 68.9 Å². The number of ketones is 1. The van der Waals surface area contributed by atoms with Gasteiger partial charge in [-0.3, -0.25) is 14.8 Å². The summed E-state index contributed by atoms with van der Waals surface area (Å²) in [6.07, 6.45) is 3.42. The largest absolute Gasteiger partial charge is 0.327 e. The number of nitrogens with two attached hydrogens (primary N) is 1. The van der Waals surface area contributed by atoms with Crippen LogP contribution in [0.5, 0.6) is 0 Å². The zero-order valence-corrected chi connectivity index (χ0v) is 20.6. The van der Waals surface area contributed by atoms with E-state index < -0.39 is 28.3 Å². The Bertz CT molecular complexity index is 1450. The Balaban J connectivity index is 1.43. The maximum absolute atomic E-state index is 13.7. The van der Waals surface area contributed by atoms with Crippen molar-refractivity contribution < 1.29 is 19.5 Å². The number of fused-ring (bicyclic) bond motifs is 5. The highest BCUT2D eigenvalue weighted by molar-refractivity contribution is 6.30. The van der Waals surface area contributed by atoms with E-state index in [0.29, 0.717) is 18.7 Å². The quantitative estimate of drug-likeness (QED) is 0.493. The normalized spacial score (nSPS) is 33.6. The first-order valence-electron chi connectivity index (χ1n) is 12.5. The molecule has 2 saturated heterocycles. The van der Waals surface area contributed by atoms with Crippen LogP contribution in [0.25, 0.3) is 16.7 Å². The highest BCUT2D eigenvalue weighted by Crippen LogP contribution is 2.67. The fourth-order valence-corrected chi connectivity index (χ4v) is 8.27. The second-order valence-electron chi connectivity index (χ2n) is 11.6. The van der Waals surface area contributed by atoms with Crippen molar-refractivity contribution in [1.29, 1.82) is 0 Å². The first-order valence-corrected chi connectivity index (χ1v) is 12.5. The van der Waals surface area contributed by atoms with Crippen LogP contribution in [-0.2, 0) is 9.59 Å². The van der Waals surface area contributed by atoms with Crippen molar-refractivity contribution in [1.82, 2.24) is 4.90 Å². The number of piperidine rings is 1. The minimum absolute atomic E-state index is 0.00384. The van der Waals surface area contributed by atoms with Crippen molar-refractivity contribution in [2.45, 2.75) is 51.6 Å². The lowest BCUT2D eigenvalue weighted by Crippen LogP contribution is -2.65. The number of hydrogen-bond donors (Lipinski definition) is 2. The van der Waals surface area contributed by atoms with Crippen LogP contribution in [0, 0.1) is 31.1 Å². The summed E-state index contributed by atoms with van der Waals surface area (Å²) in [6, 6.07) is 12.4. The van der Waals surface area contributed by atoms with E-state index in [9.17, 15) is 14.8 Å². The van der Waals surface area contributed by atoms with E-state index in [-0.39, 0.29) is 11.7 Å². The van der Waals surface area contributed by atoms with Crippen molar-refractivity contribution in [3.05, 3.63) is 59.2 Å². The number of rotatable bonds is 1. The lowest BCUT2D eigenvalue weighted by molar-refractivity contribution is -0.712. The Labute approximate surface area is 204 Å². The van der Waals surface area contributed by atoms with Gasteiger partial charge in [0.2, 0.25) is 11.6 Å². The van der Waals surface area contributed by atoms with Crippen LogP contribution >= 0.6 is 0 Å². The lowest BCUT2D eigenvalue weighted by Gasteiger charge is -2.48. The standard InChI is InChI=1S/C29H30N3O3/c1-15-7-5-8-16(2)22(15)17-9-10-18-19-14-20-23(27(3,4)24(19)32(35)21(18)13-17)29(30)26(34)28(29)11-6-12-31(28)25(20)33/h5,7-10,13-14,20,23,35H,6,11-12,30H2,1-4H3/q+1/t20-,23?,28?,29?/m1/s1. The molecule has 3 unspecified atom stereocenters. The van der Waals surface area contributed by atoms with E-state index in [2.05, 4.69) is 38.1 Å². The summed E-state index contributed by atoms with van der Waals surface area (Å²) >= 11 is 0. The van der Waals surface area contributed by atoms with Crippen LogP contribution in [0.2, 0.25) is 0 Å². The third-order valence-electron chi connectivity index (χ3n) is 9.64. The van der Waals surface area contributed by atoms with E-state index in [1.54, 1.807) is 4.90 Å². The van der Waals surface area contributed by atoms with E-state index in [4.69, 9.17) is 5.73 Å². The minimum atomic E-state index is -1.07. The number of amides is 1. The zero-order valence-electron chi connectivity index (χ0n) is 20.6. The molecule has 3 fully saturated rings. The number of nitrogens with zero attached hydrogens (tertiary/aromatic N) is 2. The third-order valence-corrected chi connectivity index (χ3v) is 9.64. The van der Waals surface area contributed by atoms with E-state index >= 15 is 0 Å². The smallest absolute Gasteiger partial charge is 0.266 e. The summed E-state index contributed by atoms with van der Waals surface area (Å²) in [5.74, 6) is -0.885. The van der Waals surface area contributed by atoms with Gasteiger partial charge in [0.1, 0.15) is 11.1 Å². The summed E-state index contributed by atoms with van der Waals surface area (Å²) in [6.45, 7) is 8.84. The van der Waals surface area contributed by atoms with Crippen molar-refractivity contribution in [3.8, 4) is 11.1 Å².